The van der Waals surface area contributed by atoms with Crippen LogP contribution in [0.4, 0.5) is 9.18 Å². The summed E-state index contributed by atoms with van der Waals surface area (Å²) in [6.07, 6.45) is -0.327. The fraction of sp³-hybridized carbons (Fsp3) is 0.909. The third-order valence-electron chi connectivity index (χ3n) is 2.69. The van der Waals surface area contributed by atoms with Gasteiger partial charge in [0.2, 0.25) is 0 Å². The standard InChI is InChI=1S/C11H20FNO4S/c1-10(2,3)17-9(14)13-6-4-11(12,5-7-13)8-18(15)16/h4-8H2,1-3H3,(H,15,16). The van der Waals surface area contributed by atoms with Gasteiger partial charge in [0.1, 0.15) is 11.3 Å². The van der Waals surface area contributed by atoms with Crippen LogP contribution in [0.15, 0.2) is 0 Å². The predicted molar refractivity (Wildman–Crippen MR) is 66.5 cm³/mol. The number of hydrogen-bond acceptors (Lipinski definition) is 3. The Kier molecular flexibility index (Phi) is 4.72. The second-order valence-electron chi connectivity index (χ2n) is 5.58. The number of carbonyl (C=O) groups excluding carboxylic acids is 1. The average molecular weight is 281 g/mol. The molecule has 1 fully saturated rings. The number of amides is 1. The van der Waals surface area contributed by atoms with Gasteiger partial charge in [-0.2, -0.15) is 0 Å². The highest BCUT2D eigenvalue weighted by molar-refractivity contribution is 7.79. The lowest BCUT2D eigenvalue weighted by Gasteiger charge is -2.36. The maximum absolute atomic E-state index is 14.1. The average Bonchev–Trinajstić information content (AvgIpc) is 2.13. The third-order valence-corrected chi connectivity index (χ3v) is 3.46. The molecule has 1 unspecified atom stereocenters. The number of alkyl halides is 1. The summed E-state index contributed by atoms with van der Waals surface area (Å²) in [5.74, 6) is -0.394. The van der Waals surface area contributed by atoms with E-state index in [0.717, 1.165) is 0 Å². The summed E-state index contributed by atoms with van der Waals surface area (Å²) in [4.78, 5) is 13.2. The third kappa shape index (κ3) is 4.89. The number of ether oxygens (including phenoxy) is 1. The fourth-order valence-electron chi connectivity index (χ4n) is 1.78. The van der Waals surface area contributed by atoms with Crippen LogP contribution in [0.5, 0.6) is 0 Å². The van der Waals surface area contributed by atoms with Gasteiger partial charge in [-0.25, -0.2) is 13.4 Å². The van der Waals surface area contributed by atoms with Gasteiger partial charge >= 0.3 is 6.09 Å². The lowest BCUT2D eigenvalue weighted by atomic mass is 9.96. The highest BCUT2D eigenvalue weighted by Gasteiger charge is 2.38. The molecule has 1 saturated heterocycles. The molecule has 1 N–H and O–H groups in total. The molecule has 0 saturated carbocycles. The Morgan fingerprint density at radius 1 is 1.44 bits per heavy atom. The summed E-state index contributed by atoms with van der Waals surface area (Å²) in [5.41, 5.74) is -2.23. The van der Waals surface area contributed by atoms with Crippen molar-refractivity contribution in [3.05, 3.63) is 0 Å². The van der Waals surface area contributed by atoms with E-state index < -0.39 is 34.2 Å². The molecule has 0 bridgehead atoms. The van der Waals surface area contributed by atoms with Crippen LogP contribution in [-0.4, -0.2) is 49.9 Å². The zero-order chi connectivity index (χ0) is 14.0. The van der Waals surface area contributed by atoms with Crippen LogP contribution in [0, 0.1) is 0 Å². The van der Waals surface area contributed by atoms with Crippen LogP contribution in [0.3, 0.4) is 0 Å². The second kappa shape index (κ2) is 5.52. The molecule has 7 heteroatoms. The Bertz CT molecular complexity index is 334. The molecule has 1 rings (SSSR count). The number of hydrogen-bond donors (Lipinski definition) is 1. The molecule has 106 valence electrons. The zero-order valence-corrected chi connectivity index (χ0v) is 11.8. The SMILES string of the molecule is CC(C)(C)OC(=O)N1CCC(F)(CS(=O)O)CC1. The van der Waals surface area contributed by atoms with Crippen LogP contribution in [0.2, 0.25) is 0 Å². The monoisotopic (exact) mass is 281 g/mol. The number of carbonyl (C=O) groups is 1. The van der Waals surface area contributed by atoms with E-state index >= 15 is 0 Å². The minimum absolute atomic E-state index is 0.0680. The molecule has 0 aromatic rings. The van der Waals surface area contributed by atoms with Crippen LogP contribution in [0.25, 0.3) is 0 Å². The molecule has 0 spiro atoms. The topological polar surface area (TPSA) is 66.8 Å². The van der Waals surface area contributed by atoms with Crippen LogP contribution < -0.4 is 0 Å². The van der Waals surface area contributed by atoms with Gasteiger partial charge in [0.15, 0.2) is 11.1 Å². The highest BCUT2D eigenvalue weighted by Crippen LogP contribution is 2.28. The molecular formula is C11H20FNO4S. The van der Waals surface area contributed by atoms with Gasteiger partial charge in [-0.05, 0) is 20.8 Å². The van der Waals surface area contributed by atoms with Crippen molar-refractivity contribution in [2.45, 2.75) is 44.9 Å². The smallest absolute Gasteiger partial charge is 0.410 e. The first-order valence-electron chi connectivity index (χ1n) is 5.86. The summed E-state index contributed by atoms with van der Waals surface area (Å²) < 4.78 is 38.6. The number of likely N-dealkylation sites (tertiary alicyclic amines) is 1. The summed E-state index contributed by atoms with van der Waals surface area (Å²) in [6, 6.07) is 0. The van der Waals surface area contributed by atoms with E-state index in [0.29, 0.717) is 0 Å². The predicted octanol–water partition coefficient (Wildman–Crippen LogP) is 1.95. The normalized spacial score (nSPS) is 21.5. The highest BCUT2D eigenvalue weighted by atomic mass is 32.2. The van der Waals surface area contributed by atoms with Crippen LogP contribution in [0.1, 0.15) is 33.6 Å². The van der Waals surface area contributed by atoms with E-state index in [-0.39, 0.29) is 25.9 Å². The van der Waals surface area contributed by atoms with Gasteiger partial charge in [-0.15, -0.1) is 0 Å². The zero-order valence-electron chi connectivity index (χ0n) is 10.9. The minimum Gasteiger partial charge on any atom is -0.444 e. The van der Waals surface area contributed by atoms with Crippen molar-refractivity contribution in [3.63, 3.8) is 0 Å². The Morgan fingerprint density at radius 2 is 1.94 bits per heavy atom. The largest absolute Gasteiger partial charge is 0.444 e. The van der Waals surface area contributed by atoms with Gasteiger partial charge in [-0.1, -0.05) is 0 Å². The second-order valence-corrected chi connectivity index (χ2v) is 6.52. The Balaban J connectivity index is 2.48. The van der Waals surface area contributed by atoms with Crippen molar-refractivity contribution >= 4 is 17.2 Å². The lowest BCUT2D eigenvalue weighted by Crippen LogP contribution is -2.48. The van der Waals surface area contributed by atoms with Gasteiger partial charge in [0.25, 0.3) is 0 Å². The number of rotatable bonds is 2. The first-order chi connectivity index (χ1) is 8.11. The summed E-state index contributed by atoms with van der Waals surface area (Å²) in [5, 5.41) is 0. The lowest BCUT2D eigenvalue weighted by molar-refractivity contribution is 0.00731. The quantitative estimate of drug-likeness (QED) is 0.786. The van der Waals surface area contributed by atoms with Crippen molar-refractivity contribution in [1.29, 1.82) is 0 Å². The molecule has 1 amide bonds. The maximum Gasteiger partial charge on any atom is 0.410 e. The van der Waals surface area contributed by atoms with Gasteiger partial charge < -0.3 is 14.2 Å². The van der Waals surface area contributed by atoms with Crippen molar-refractivity contribution in [3.8, 4) is 0 Å². The summed E-state index contributed by atoms with van der Waals surface area (Å²) in [7, 11) is 0. The molecule has 0 aliphatic carbocycles. The first-order valence-corrected chi connectivity index (χ1v) is 7.13. The van der Waals surface area contributed by atoms with Crippen molar-refractivity contribution < 1.29 is 22.7 Å². The van der Waals surface area contributed by atoms with E-state index in [1.165, 1.54) is 4.90 Å². The molecular weight excluding hydrogens is 261 g/mol. The summed E-state index contributed by atoms with van der Waals surface area (Å²) >= 11 is -2.15. The number of nitrogens with zero attached hydrogens (tertiary/aromatic N) is 1. The molecule has 0 aromatic carbocycles. The van der Waals surface area contributed by atoms with Crippen LogP contribution in [-0.2, 0) is 15.8 Å². The van der Waals surface area contributed by atoms with E-state index in [9.17, 15) is 13.4 Å². The molecule has 0 aromatic heterocycles. The molecule has 1 heterocycles. The first kappa shape index (κ1) is 15.4. The Hall–Kier alpha value is -0.690. The van der Waals surface area contributed by atoms with Crippen molar-refractivity contribution in [1.82, 2.24) is 4.90 Å². The van der Waals surface area contributed by atoms with Crippen molar-refractivity contribution in [2.75, 3.05) is 18.8 Å². The fourth-order valence-corrected chi connectivity index (χ4v) is 2.51. The van der Waals surface area contributed by atoms with Gasteiger partial charge in [0, 0.05) is 25.9 Å². The maximum atomic E-state index is 14.1. The minimum atomic E-state index is -2.15. The van der Waals surface area contributed by atoms with Gasteiger partial charge in [0.05, 0.1) is 5.75 Å². The van der Waals surface area contributed by atoms with Gasteiger partial charge in [-0.3, -0.25) is 0 Å². The molecule has 18 heavy (non-hydrogen) atoms. The number of piperidine rings is 1. The molecule has 0 radical (unpaired) electrons. The molecule has 1 atom stereocenters. The number of halogens is 1. The molecule has 1 aliphatic rings. The van der Waals surface area contributed by atoms with Crippen molar-refractivity contribution in [2.24, 2.45) is 0 Å². The summed E-state index contributed by atoms with van der Waals surface area (Å²) in [6.45, 7) is 5.72. The molecule has 5 nitrogen and oxygen atoms in total. The Labute approximate surface area is 109 Å². The van der Waals surface area contributed by atoms with E-state index in [1.54, 1.807) is 20.8 Å². The molecule has 1 aliphatic heterocycles. The van der Waals surface area contributed by atoms with E-state index in [4.69, 9.17) is 9.29 Å². The Morgan fingerprint density at radius 3 is 2.33 bits per heavy atom. The van der Waals surface area contributed by atoms with E-state index in [1.807, 2.05) is 0 Å². The van der Waals surface area contributed by atoms with E-state index in [2.05, 4.69) is 0 Å². The van der Waals surface area contributed by atoms with Crippen LogP contribution >= 0.6 is 0 Å².